The first-order valence-corrected chi connectivity index (χ1v) is 8.60. The third-order valence-electron chi connectivity index (χ3n) is 3.39. The van der Waals surface area contributed by atoms with Gasteiger partial charge in [0.25, 0.3) is 5.69 Å². The number of non-ortho nitro benzene ring substituents is 1. The van der Waals surface area contributed by atoms with Crippen molar-refractivity contribution in [1.29, 1.82) is 0 Å². The van der Waals surface area contributed by atoms with E-state index in [4.69, 9.17) is 14.2 Å². The fourth-order valence-corrected chi connectivity index (χ4v) is 2.97. The predicted octanol–water partition coefficient (Wildman–Crippen LogP) is 3.93. The minimum Gasteiger partial charge on any atom is -0.493 e. The van der Waals surface area contributed by atoms with Gasteiger partial charge >= 0.3 is 0 Å². The second-order valence-electron chi connectivity index (χ2n) is 5.11. The Morgan fingerprint density at radius 2 is 1.83 bits per heavy atom. The SMILES string of the molecule is O=[N+]([O-])c1ccc(OCCSc2ccc3c(c2)OCCCO3)cc1. The van der Waals surface area contributed by atoms with Crippen LogP contribution in [-0.2, 0) is 0 Å². The molecule has 0 atom stereocenters. The third-order valence-corrected chi connectivity index (χ3v) is 4.35. The first-order chi connectivity index (χ1) is 11.7. The van der Waals surface area contributed by atoms with Gasteiger partial charge in [0, 0.05) is 29.2 Å². The zero-order valence-corrected chi connectivity index (χ0v) is 13.8. The van der Waals surface area contributed by atoms with Gasteiger partial charge in [-0.1, -0.05) is 0 Å². The second kappa shape index (κ2) is 7.92. The number of hydrogen-bond donors (Lipinski definition) is 0. The Morgan fingerprint density at radius 3 is 2.58 bits per heavy atom. The fourth-order valence-electron chi connectivity index (χ4n) is 2.22. The van der Waals surface area contributed by atoms with E-state index in [2.05, 4.69) is 0 Å². The average molecular weight is 347 g/mol. The van der Waals surface area contributed by atoms with Crippen LogP contribution in [0.5, 0.6) is 17.2 Å². The van der Waals surface area contributed by atoms with Crippen molar-refractivity contribution >= 4 is 17.4 Å². The zero-order chi connectivity index (χ0) is 16.8. The molecule has 24 heavy (non-hydrogen) atoms. The minimum atomic E-state index is -0.427. The van der Waals surface area contributed by atoms with Crippen LogP contribution in [0, 0.1) is 10.1 Å². The largest absolute Gasteiger partial charge is 0.493 e. The van der Waals surface area contributed by atoms with Gasteiger partial charge in [-0.25, -0.2) is 0 Å². The molecule has 7 heteroatoms. The van der Waals surface area contributed by atoms with Gasteiger partial charge in [0.15, 0.2) is 11.5 Å². The maximum Gasteiger partial charge on any atom is 0.269 e. The summed E-state index contributed by atoms with van der Waals surface area (Å²) in [6.45, 7) is 1.86. The van der Waals surface area contributed by atoms with Crippen molar-refractivity contribution in [3.63, 3.8) is 0 Å². The Hall–Kier alpha value is -2.41. The zero-order valence-electron chi connectivity index (χ0n) is 13.0. The van der Waals surface area contributed by atoms with Crippen molar-refractivity contribution in [2.45, 2.75) is 11.3 Å². The molecular weight excluding hydrogens is 330 g/mol. The van der Waals surface area contributed by atoms with Gasteiger partial charge in [0.05, 0.1) is 24.7 Å². The molecule has 0 saturated carbocycles. The van der Waals surface area contributed by atoms with Crippen molar-refractivity contribution in [1.82, 2.24) is 0 Å². The molecule has 0 radical (unpaired) electrons. The van der Waals surface area contributed by atoms with Gasteiger partial charge < -0.3 is 14.2 Å². The minimum absolute atomic E-state index is 0.0592. The monoisotopic (exact) mass is 347 g/mol. The van der Waals surface area contributed by atoms with Crippen LogP contribution in [0.1, 0.15) is 6.42 Å². The molecule has 1 aliphatic heterocycles. The lowest BCUT2D eigenvalue weighted by Crippen LogP contribution is -2.00. The first kappa shape index (κ1) is 16.4. The summed E-state index contributed by atoms with van der Waals surface area (Å²) in [5.74, 6) is 2.96. The average Bonchev–Trinajstić information content (AvgIpc) is 2.84. The van der Waals surface area contributed by atoms with E-state index in [1.54, 1.807) is 23.9 Å². The molecule has 0 fully saturated rings. The molecule has 0 bridgehead atoms. The highest BCUT2D eigenvalue weighted by molar-refractivity contribution is 7.99. The summed E-state index contributed by atoms with van der Waals surface area (Å²) >= 11 is 1.66. The van der Waals surface area contributed by atoms with Gasteiger partial charge in [-0.05, 0) is 30.3 Å². The molecule has 3 rings (SSSR count). The van der Waals surface area contributed by atoms with Crippen LogP contribution < -0.4 is 14.2 Å². The molecule has 0 aromatic heterocycles. The maximum absolute atomic E-state index is 10.6. The van der Waals surface area contributed by atoms with Crippen molar-refractivity contribution in [2.75, 3.05) is 25.6 Å². The standard InChI is InChI=1S/C17H17NO5S/c19-18(20)13-2-4-14(5-3-13)21-10-11-24-15-6-7-16-17(12-15)23-9-1-8-22-16/h2-7,12H,1,8-11H2. The van der Waals surface area contributed by atoms with Gasteiger partial charge in [-0.3, -0.25) is 10.1 Å². The van der Waals surface area contributed by atoms with E-state index < -0.39 is 4.92 Å². The van der Waals surface area contributed by atoms with E-state index in [9.17, 15) is 10.1 Å². The van der Waals surface area contributed by atoms with Crippen LogP contribution in [0.2, 0.25) is 0 Å². The number of benzene rings is 2. The topological polar surface area (TPSA) is 70.8 Å². The molecule has 1 heterocycles. The van der Waals surface area contributed by atoms with Crippen LogP contribution in [0.3, 0.4) is 0 Å². The van der Waals surface area contributed by atoms with E-state index in [-0.39, 0.29) is 5.69 Å². The number of thioether (sulfide) groups is 1. The molecule has 0 unspecified atom stereocenters. The molecule has 0 spiro atoms. The Labute approximate surface area is 143 Å². The highest BCUT2D eigenvalue weighted by Gasteiger charge is 2.11. The summed E-state index contributed by atoms with van der Waals surface area (Å²) in [6, 6.07) is 12.0. The molecular formula is C17H17NO5S. The van der Waals surface area contributed by atoms with E-state index >= 15 is 0 Å². The van der Waals surface area contributed by atoms with Crippen LogP contribution >= 0.6 is 11.8 Å². The summed E-state index contributed by atoms with van der Waals surface area (Å²) in [6.07, 6.45) is 0.889. The highest BCUT2D eigenvalue weighted by Crippen LogP contribution is 2.33. The normalized spacial score (nSPS) is 13.2. The lowest BCUT2D eigenvalue weighted by molar-refractivity contribution is -0.384. The number of fused-ring (bicyclic) bond motifs is 1. The quantitative estimate of drug-likeness (QED) is 0.341. The molecule has 0 aliphatic carbocycles. The number of ether oxygens (including phenoxy) is 3. The van der Waals surface area contributed by atoms with E-state index in [0.29, 0.717) is 25.6 Å². The highest BCUT2D eigenvalue weighted by atomic mass is 32.2. The molecule has 2 aromatic rings. The van der Waals surface area contributed by atoms with Crippen molar-refractivity contribution in [3.05, 3.63) is 52.6 Å². The van der Waals surface area contributed by atoms with Gasteiger partial charge in [0.1, 0.15) is 5.75 Å². The van der Waals surface area contributed by atoms with E-state index in [0.717, 1.165) is 28.6 Å². The molecule has 0 saturated heterocycles. The van der Waals surface area contributed by atoms with E-state index in [1.807, 2.05) is 18.2 Å². The van der Waals surface area contributed by atoms with Crippen molar-refractivity contribution < 1.29 is 19.1 Å². The lowest BCUT2D eigenvalue weighted by Gasteiger charge is -2.09. The molecule has 6 nitrogen and oxygen atoms in total. The molecule has 1 aliphatic rings. The number of rotatable bonds is 6. The number of nitro groups is 1. The molecule has 0 amide bonds. The number of nitro benzene ring substituents is 1. The Morgan fingerprint density at radius 1 is 1.08 bits per heavy atom. The number of nitrogens with zero attached hydrogens (tertiary/aromatic N) is 1. The van der Waals surface area contributed by atoms with Gasteiger partial charge in [-0.2, -0.15) is 0 Å². The fraction of sp³-hybridized carbons (Fsp3) is 0.294. The number of hydrogen-bond acceptors (Lipinski definition) is 6. The van der Waals surface area contributed by atoms with Crippen molar-refractivity contribution in [3.8, 4) is 17.2 Å². The summed E-state index contributed by atoms with van der Waals surface area (Å²) < 4.78 is 16.9. The Balaban J connectivity index is 1.48. The smallest absolute Gasteiger partial charge is 0.269 e. The maximum atomic E-state index is 10.6. The summed E-state index contributed by atoms with van der Waals surface area (Å²) in [5.41, 5.74) is 0.0592. The molecule has 2 aromatic carbocycles. The van der Waals surface area contributed by atoms with Crippen LogP contribution in [-0.4, -0.2) is 30.5 Å². The Kier molecular flexibility index (Phi) is 5.43. The predicted molar refractivity (Wildman–Crippen MR) is 91.4 cm³/mol. The Bertz CT molecular complexity index is 705. The van der Waals surface area contributed by atoms with E-state index in [1.165, 1.54) is 12.1 Å². The van der Waals surface area contributed by atoms with Crippen LogP contribution in [0.15, 0.2) is 47.4 Å². The van der Waals surface area contributed by atoms with Crippen LogP contribution in [0.25, 0.3) is 0 Å². The van der Waals surface area contributed by atoms with Gasteiger partial charge in [0.2, 0.25) is 0 Å². The van der Waals surface area contributed by atoms with Gasteiger partial charge in [-0.15, -0.1) is 11.8 Å². The first-order valence-electron chi connectivity index (χ1n) is 7.62. The molecule has 0 N–H and O–H groups in total. The van der Waals surface area contributed by atoms with Crippen LogP contribution in [0.4, 0.5) is 5.69 Å². The lowest BCUT2D eigenvalue weighted by atomic mass is 10.3. The third kappa shape index (κ3) is 4.32. The summed E-state index contributed by atoms with van der Waals surface area (Å²) in [5, 5.41) is 10.6. The summed E-state index contributed by atoms with van der Waals surface area (Å²) in [4.78, 5) is 11.3. The summed E-state index contributed by atoms with van der Waals surface area (Å²) in [7, 11) is 0. The van der Waals surface area contributed by atoms with Crippen molar-refractivity contribution in [2.24, 2.45) is 0 Å². The molecule has 126 valence electrons. The second-order valence-corrected chi connectivity index (χ2v) is 6.28.